The molecule has 2 unspecified atom stereocenters. The number of nitrogens with zero attached hydrogens (tertiary/aromatic N) is 2. The zero-order chi connectivity index (χ0) is 13.4. The predicted octanol–water partition coefficient (Wildman–Crippen LogP) is 1.86. The Balaban J connectivity index is 1.78. The quantitative estimate of drug-likeness (QED) is 0.899. The molecule has 0 bridgehead atoms. The monoisotopic (exact) mass is 279 g/mol. The molecule has 1 amide bonds. The molecule has 2 aliphatic rings. The van der Waals surface area contributed by atoms with Crippen LogP contribution in [0.4, 0.5) is 0 Å². The van der Waals surface area contributed by atoms with E-state index in [0.29, 0.717) is 30.8 Å². The van der Waals surface area contributed by atoms with Crippen molar-refractivity contribution >= 4 is 17.2 Å². The fourth-order valence-electron chi connectivity index (χ4n) is 3.21. The number of carbonyl (C=O) groups excluding carboxylic acids is 1. The lowest BCUT2D eigenvalue weighted by molar-refractivity contribution is -0.140. The third kappa shape index (κ3) is 2.54. The number of hydrogen-bond acceptors (Lipinski definition) is 4. The average molecular weight is 279 g/mol. The fraction of sp³-hybridized carbons (Fsp3) is 0.714. The van der Waals surface area contributed by atoms with Crippen molar-refractivity contribution in [2.24, 2.45) is 5.92 Å². The molecule has 0 aromatic carbocycles. The molecule has 19 heavy (non-hydrogen) atoms. The molecule has 1 aromatic rings. The van der Waals surface area contributed by atoms with Gasteiger partial charge in [0.15, 0.2) is 0 Å². The molecule has 2 fully saturated rings. The summed E-state index contributed by atoms with van der Waals surface area (Å²) in [7, 11) is 0. The van der Waals surface area contributed by atoms with Crippen LogP contribution in [-0.2, 0) is 11.3 Å². The van der Waals surface area contributed by atoms with Crippen LogP contribution in [0.1, 0.15) is 34.8 Å². The van der Waals surface area contributed by atoms with E-state index in [1.807, 2.05) is 6.92 Å². The Morgan fingerprint density at radius 3 is 3.00 bits per heavy atom. The summed E-state index contributed by atoms with van der Waals surface area (Å²) in [5.41, 5.74) is 1.10. The number of aromatic nitrogens is 1. The molecule has 2 saturated heterocycles. The first-order valence-corrected chi connectivity index (χ1v) is 7.90. The van der Waals surface area contributed by atoms with Gasteiger partial charge in [0, 0.05) is 17.3 Å². The second-order valence-electron chi connectivity index (χ2n) is 5.63. The van der Waals surface area contributed by atoms with E-state index in [0.717, 1.165) is 36.6 Å². The van der Waals surface area contributed by atoms with Crippen LogP contribution < -0.4 is 5.32 Å². The van der Waals surface area contributed by atoms with Gasteiger partial charge in [-0.25, -0.2) is 4.98 Å². The van der Waals surface area contributed by atoms with Crippen molar-refractivity contribution < 1.29 is 4.79 Å². The van der Waals surface area contributed by atoms with E-state index in [4.69, 9.17) is 0 Å². The summed E-state index contributed by atoms with van der Waals surface area (Å²) in [6.07, 6.45) is 2.83. The van der Waals surface area contributed by atoms with Crippen LogP contribution in [-0.4, -0.2) is 34.9 Å². The van der Waals surface area contributed by atoms with E-state index >= 15 is 0 Å². The van der Waals surface area contributed by atoms with E-state index in [-0.39, 0.29) is 0 Å². The van der Waals surface area contributed by atoms with Gasteiger partial charge in [-0.05, 0) is 45.7 Å². The molecule has 2 aliphatic heterocycles. The SMILES string of the molecule is Cc1nc(CN2C(=O)CCC3CNCCC32)sc1C. The maximum Gasteiger partial charge on any atom is 0.223 e. The molecule has 0 saturated carbocycles. The maximum absolute atomic E-state index is 12.2. The lowest BCUT2D eigenvalue weighted by atomic mass is 9.84. The van der Waals surface area contributed by atoms with Gasteiger partial charge in [-0.2, -0.15) is 0 Å². The van der Waals surface area contributed by atoms with Gasteiger partial charge in [0.05, 0.1) is 12.2 Å². The number of rotatable bonds is 2. The van der Waals surface area contributed by atoms with Crippen LogP contribution in [0, 0.1) is 19.8 Å². The molecule has 0 radical (unpaired) electrons. The van der Waals surface area contributed by atoms with Crippen molar-refractivity contribution in [1.29, 1.82) is 0 Å². The number of hydrogen-bond donors (Lipinski definition) is 1. The number of thiazole rings is 1. The van der Waals surface area contributed by atoms with E-state index in [1.165, 1.54) is 4.88 Å². The minimum absolute atomic E-state index is 0.314. The summed E-state index contributed by atoms with van der Waals surface area (Å²) in [6, 6.07) is 0.423. The first-order valence-electron chi connectivity index (χ1n) is 7.08. The van der Waals surface area contributed by atoms with Gasteiger partial charge in [0.1, 0.15) is 5.01 Å². The number of piperidine rings is 2. The van der Waals surface area contributed by atoms with Crippen molar-refractivity contribution in [2.45, 2.75) is 45.7 Å². The van der Waals surface area contributed by atoms with Crippen molar-refractivity contribution in [3.8, 4) is 0 Å². The highest BCUT2D eigenvalue weighted by molar-refractivity contribution is 7.11. The lowest BCUT2D eigenvalue weighted by Crippen LogP contribution is -2.54. The molecule has 1 N–H and O–H groups in total. The smallest absolute Gasteiger partial charge is 0.223 e. The summed E-state index contributed by atoms with van der Waals surface area (Å²) < 4.78 is 0. The van der Waals surface area contributed by atoms with Crippen molar-refractivity contribution in [3.05, 3.63) is 15.6 Å². The fourth-order valence-corrected chi connectivity index (χ4v) is 4.14. The van der Waals surface area contributed by atoms with Crippen LogP contribution in [0.5, 0.6) is 0 Å². The average Bonchev–Trinajstić information content (AvgIpc) is 2.72. The Bertz CT molecular complexity index is 466. The summed E-state index contributed by atoms with van der Waals surface area (Å²) in [6.45, 7) is 6.94. The summed E-state index contributed by atoms with van der Waals surface area (Å²) in [5, 5.41) is 4.53. The third-order valence-electron chi connectivity index (χ3n) is 4.40. The Morgan fingerprint density at radius 2 is 2.26 bits per heavy atom. The topological polar surface area (TPSA) is 45.2 Å². The standard InChI is InChI=1S/C14H21N3OS/c1-9-10(2)19-13(16-9)8-17-12-5-6-15-7-11(12)3-4-14(17)18/h11-12,15H,3-8H2,1-2H3. The molecule has 1 aromatic heterocycles. The van der Waals surface area contributed by atoms with E-state index in [9.17, 15) is 4.79 Å². The highest BCUT2D eigenvalue weighted by atomic mass is 32.1. The van der Waals surface area contributed by atoms with Gasteiger partial charge in [-0.3, -0.25) is 4.79 Å². The van der Waals surface area contributed by atoms with Crippen molar-refractivity contribution in [2.75, 3.05) is 13.1 Å². The summed E-state index contributed by atoms with van der Waals surface area (Å²) in [4.78, 5) is 20.2. The maximum atomic E-state index is 12.2. The molecule has 4 nitrogen and oxygen atoms in total. The number of fused-ring (bicyclic) bond motifs is 1. The molecule has 0 aliphatic carbocycles. The Kier molecular flexibility index (Phi) is 3.58. The van der Waals surface area contributed by atoms with E-state index in [2.05, 4.69) is 22.1 Å². The Morgan fingerprint density at radius 1 is 1.42 bits per heavy atom. The van der Waals surface area contributed by atoms with Crippen LogP contribution >= 0.6 is 11.3 Å². The van der Waals surface area contributed by atoms with Gasteiger partial charge in [0.25, 0.3) is 0 Å². The van der Waals surface area contributed by atoms with Gasteiger partial charge in [-0.1, -0.05) is 0 Å². The second-order valence-corrected chi connectivity index (χ2v) is 6.92. The van der Waals surface area contributed by atoms with Gasteiger partial charge < -0.3 is 10.2 Å². The number of likely N-dealkylation sites (tertiary alicyclic amines) is 1. The molecule has 3 rings (SSSR count). The summed E-state index contributed by atoms with van der Waals surface area (Å²) in [5.74, 6) is 0.947. The van der Waals surface area contributed by atoms with Crippen molar-refractivity contribution in [3.63, 3.8) is 0 Å². The molecular formula is C14H21N3OS. The number of amides is 1. The second kappa shape index (κ2) is 5.21. The van der Waals surface area contributed by atoms with E-state index in [1.54, 1.807) is 11.3 Å². The zero-order valence-corrected chi connectivity index (χ0v) is 12.4. The molecule has 0 spiro atoms. The Hall–Kier alpha value is -0.940. The molecule has 3 heterocycles. The van der Waals surface area contributed by atoms with Gasteiger partial charge in [-0.15, -0.1) is 11.3 Å². The highest BCUT2D eigenvalue weighted by Crippen LogP contribution is 2.30. The third-order valence-corrected chi connectivity index (χ3v) is 5.45. The molecular weight excluding hydrogens is 258 g/mol. The van der Waals surface area contributed by atoms with Crippen molar-refractivity contribution in [1.82, 2.24) is 15.2 Å². The lowest BCUT2D eigenvalue weighted by Gasteiger charge is -2.43. The largest absolute Gasteiger partial charge is 0.333 e. The number of nitrogens with one attached hydrogen (secondary N) is 1. The van der Waals surface area contributed by atoms with Crippen LogP contribution in [0.3, 0.4) is 0 Å². The number of carbonyl (C=O) groups is 1. The summed E-state index contributed by atoms with van der Waals surface area (Å²) >= 11 is 1.73. The first kappa shape index (κ1) is 13.1. The Labute approximate surface area is 118 Å². The first-order chi connectivity index (χ1) is 9.15. The minimum atomic E-state index is 0.314. The molecule has 2 atom stereocenters. The molecule has 5 heteroatoms. The van der Waals surface area contributed by atoms with E-state index < -0.39 is 0 Å². The zero-order valence-electron chi connectivity index (χ0n) is 11.6. The number of aryl methyl sites for hydroxylation is 2. The minimum Gasteiger partial charge on any atom is -0.333 e. The predicted molar refractivity (Wildman–Crippen MR) is 76.1 cm³/mol. The highest BCUT2D eigenvalue weighted by Gasteiger charge is 2.37. The van der Waals surface area contributed by atoms with Gasteiger partial charge >= 0.3 is 0 Å². The normalized spacial score (nSPS) is 27.5. The van der Waals surface area contributed by atoms with Gasteiger partial charge in [0.2, 0.25) is 5.91 Å². The van der Waals surface area contributed by atoms with Crippen LogP contribution in [0.2, 0.25) is 0 Å². The molecule has 104 valence electrons. The van der Waals surface area contributed by atoms with Crippen LogP contribution in [0.15, 0.2) is 0 Å². The van der Waals surface area contributed by atoms with Crippen LogP contribution in [0.25, 0.3) is 0 Å².